The number of hydrogen-bond donors (Lipinski definition) is 1. The van der Waals surface area contributed by atoms with E-state index in [0.29, 0.717) is 0 Å². The number of carbonyl (C=O) groups excluding carboxylic acids is 1. The maximum atomic E-state index is 12.2. The second-order valence-corrected chi connectivity index (χ2v) is 6.14. The monoisotopic (exact) mass is 312 g/mol. The van der Waals surface area contributed by atoms with Crippen molar-refractivity contribution in [3.8, 4) is 0 Å². The Morgan fingerprint density at radius 1 is 1.52 bits per heavy atom. The van der Waals surface area contributed by atoms with Crippen LogP contribution >= 0.6 is 11.6 Å². The summed E-state index contributed by atoms with van der Waals surface area (Å²) in [6, 6.07) is 3.81. The fraction of sp³-hybridized carbons (Fsp3) is 0.500. The molecular weight excluding hydrogens is 296 g/mol. The SMILES string of the molecule is COC1CC(NC(=O)c2ccc([N+](=O)[O-])cc2Cl)C1(C)C. The van der Waals surface area contributed by atoms with Crippen molar-refractivity contribution in [2.24, 2.45) is 5.41 Å². The number of nitro benzene ring substituents is 1. The van der Waals surface area contributed by atoms with Crippen LogP contribution in [0, 0.1) is 15.5 Å². The fourth-order valence-electron chi connectivity index (χ4n) is 2.57. The molecule has 2 atom stereocenters. The number of methoxy groups -OCH3 is 1. The summed E-state index contributed by atoms with van der Waals surface area (Å²) in [6.07, 6.45) is 0.843. The van der Waals surface area contributed by atoms with E-state index in [-0.39, 0.29) is 39.7 Å². The van der Waals surface area contributed by atoms with Crippen LogP contribution in [-0.4, -0.2) is 30.1 Å². The summed E-state index contributed by atoms with van der Waals surface area (Å²) in [5.74, 6) is -0.331. The van der Waals surface area contributed by atoms with Gasteiger partial charge in [-0.1, -0.05) is 25.4 Å². The van der Waals surface area contributed by atoms with Crippen molar-refractivity contribution in [2.75, 3.05) is 7.11 Å². The van der Waals surface area contributed by atoms with E-state index in [1.807, 2.05) is 13.8 Å². The van der Waals surface area contributed by atoms with Crippen molar-refractivity contribution < 1.29 is 14.5 Å². The molecule has 1 aliphatic rings. The Balaban J connectivity index is 2.10. The Hall–Kier alpha value is -1.66. The first-order valence-electron chi connectivity index (χ1n) is 6.55. The molecule has 0 bridgehead atoms. The van der Waals surface area contributed by atoms with Crippen molar-refractivity contribution in [3.05, 3.63) is 38.9 Å². The molecule has 1 fully saturated rings. The molecule has 1 aromatic carbocycles. The lowest BCUT2D eigenvalue weighted by atomic mass is 9.64. The van der Waals surface area contributed by atoms with Gasteiger partial charge in [-0.25, -0.2) is 0 Å². The van der Waals surface area contributed by atoms with Crippen LogP contribution in [0.15, 0.2) is 18.2 Å². The van der Waals surface area contributed by atoms with Crippen LogP contribution < -0.4 is 5.32 Å². The highest BCUT2D eigenvalue weighted by atomic mass is 35.5. The number of ether oxygens (including phenoxy) is 1. The molecule has 6 nitrogen and oxygen atoms in total. The van der Waals surface area contributed by atoms with Gasteiger partial charge in [-0.2, -0.15) is 0 Å². The lowest BCUT2D eigenvalue weighted by Gasteiger charge is -2.51. The number of rotatable bonds is 4. The molecule has 0 spiro atoms. The fourth-order valence-corrected chi connectivity index (χ4v) is 2.83. The molecule has 2 unspecified atom stereocenters. The van der Waals surface area contributed by atoms with Crippen LogP contribution in [0.3, 0.4) is 0 Å². The predicted octanol–water partition coefficient (Wildman–Crippen LogP) is 2.79. The number of benzene rings is 1. The number of nitro groups is 1. The smallest absolute Gasteiger partial charge is 0.270 e. The van der Waals surface area contributed by atoms with E-state index < -0.39 is 4.92 Å². The number of halogens is 1. The summed E-state index contributed by atoms with van der Waals surface area (Å²) in [5.41, 5.74) is -0.0589. The van der Waals surface area contributed by atoms with E-state index in [1.54, 1.807) is 7.11 Å². The first-order valence-corrected chi connectivity index (χ1v) is 6.92. The average Bonchev–Trinajstić information content (AvgIpc) is 2.42. The van der Waals surface area contributed by atoms with Gasteiger partial charge in [0, 0.05) is 30.7 Å². The van der Waals surface area contributed by atoms with Gasteiger partial charge in [-0.3, -0.25) is 14.9 Å². The summed E-state index contributed by atoms with van der Waals surface area (Å²) >= 11 is 5.95. The third kappa shape index (κ3) is 2.87. The van der Waals surface area contributed by atoms with E-state index >= 15 is 0 Å². The summed E-state index contributed by atoms with van der Waals surface area (Å²) in [4.78, 5) is 22.3. The maximum Gasteiger partial charge on any atom is 0.270 e. The molecule has 1 amide bonds. The van der Waals surface area contributed by atoms with Gasteiger partial charge in [-0.15, -0.1) is 0 Å². The lowest BCUT2D eigenvalue weighted by molar-refractivity contribution is -0.384. The van der Waals surface area contributed by atoms with Crippen molar-refractivity contribution >= 4 is 23.2 Å². The lowest BCUT2D eigenvalue weighted by Crippen LogP contribution is -2.61. The van der Waals surface area contributed by atoms with Crippen molar-refractivity contribution in [3.63, 3.8) is 0 Å². The zero-order chi connectivity index (χ0) is 15.8. The number of hydrogen-bond acceptors (Lipinski definition) is 4. The number of amides is 1. The number of non-ortho nitro benzene ring substituents is 1. The van der Waals surface area contributed by atoms with Crippen LogP contribution in [0.4, 0.5) is 5.69 Å². The van der Waals surface area contributed by atoms with E-state index in [2.05, 4.69) is 5.32 Å². The Morgan fingerprint density at radius 3 is 2.67 bits per heavy atom. The highest BCUT2D eigenvalue weighted by Gasteiger charge is 2.49. The van der Waals surface area contributed by atoms with Gasteiger partial charge in [0.1, 0.15) is 0 Å². The van der Waals surface area contributed by atoms with Crippen molar-refractivity contribution in [1.82, 2.24) is 5.32 Å². The summed E-state index contributed by atoms with van der Waals surface area (Å²) in [6.45, 7) is 4.04. The van der Waals surface area contributed by atoms with Gasteiger partial charge in [0.15, 0.2) is 0 Å². The minimum atomic E-state index is -0.550. The zero-order valence-corrected chi connectivity index (χ0v) is 12.8. The summed E-state index contributed by atoms with van der Waals surface area (Å²) < 4.78 is 5.33. The molecule has 0 radical (unpaired) electrons. The Morgan fingerprint density at radius 2 is 2.19 bits per heavy atom. The molecule has 21 heavy (non-hydrogen) atoms. The Bertz CT molecular complexity index is 588. The van der Waals surface area contributed by atoms with Crippen LogP contribution in [0.25, 0.3) is 0 Å². The molecule has 1 aliphatic carbocycles. The second-order valence-electron chi connectivity index (χ2n) is 5.73. The quantitative estimate of drug-likeness (QED) is 0.684. The molecule has 0 heterocycles. The molecule has 0 aromatic heterocycles. The zero-order valence-electron chi connectivity index (χ0n) is 12.1. The van der Waals surface area contributed by atoms with Gasteiger partial charge in [0.05, 0.1) is 21.6 Å². The number of nitrogens with zero attached hydrogens (tertiary/aromatic N) is 1. The number of nitrogens with one attached hydrogen (secondary N) is 1. The Labute approximate surface area is 127 Å². The highest BCUT2D eigenvalue weighted by molar-refractivity contribution is 6.34. The molecule has 0 aliphatic heterocycles. The molecule has 1 aromatic rings. The molecule has 1 N–H and O–H groups in total. The van der Waals surface area contributed by atoms with Gasteiger partial charge < -0.3 is 10.1 Å². The van der Waals surface area contributed by atoms with Gasteiger partial charge >= 0.3 is 0 Å². The average molecular weight is 313 g/mol. The van der Waals surface area contributed by atoms with Gasteiger partial charge in [-0.05, 0) is 12.5 Å². The molecule has 1 saturated carbocycles. The van der Waals surface area contributed by atoms with Gasteiger partial charge in [0.2, 0.25) is 0 Å². The Kier molecular flexibility index (Phi) is 4.20. The largest absolute Gasteiger partial charge is 0.381 e. The van der Waals surface area contributed by atoms with Crippen molar-refractivity contribution in [1.29, 1.82) is 0 Å². The molecule has 7 heteroatoms. The van der Waals surface area contributed by atoms with Crippen molar-refractivity contribution in [2.45, 2.75) is 32.4 Å². The maximum absolute atomic E-state index is 12.2. The summed E-state index contributed by atoms with van der Waals surface area (Å²) in [7, 11) is 1.65. The van der Waals surface area contributed by atoms with Crippen LogP contribution in [0.5, 0.6) is 0 Å². The highest BCUT2D eigenvalue weighted by Crippen LogP contribution is 2.42. The van der Waals surface area contributed by atoms with E-state index in [4.69, 9.17) is 16.3 Å². The molecule has 114 valence electrons. The number of carbonyl (C=O) groups is 1. The first-order chi connectivity index (χ1) is 9.77. The molecule has 0 saturated heterocycles. The van der Waals surface area contributed by atoms with Gasteiger partial charge in [0.25, 0.3) is 11.6 Å². The third-order valence-corrected chi connectivity index (χ3v) is 4.49. The molecule has 2 rings (SSSR count). The van der Waals surface area contributed by atoms with Crippen LogP contribution in [0.2, 0.25) is 5.02 Å². The minimum absolute atomic E-state index is 0.0128. The first kappa shape index (κ1) is 15.7. The van der Waals surface area contributed by atoms with E-state index in [0.717, 1.165) is 6.42 Å². The topological polar surface area (TPSA) is 81.5 Å². The van der Waals surface area contributed by atoms with E-state index in [1.165, 1.54) is 18.2 Å². The normalized spacial score (nSPS) is 23.2. The van der Waals surface area contributed by atoms with Crippen LogP contribution in [-0.2, 0) is 4.74 Å². The van der Waals surface area contributed by atoms with Crippen LogP contribution in [0.1, 0.15) is 30.6 Å². The molecular formula is C14H17ClN2O4. The minimum Gasteiger partial charge on any atom is -0.381 e. The third-order valence-electron chi connectivity index (χ3n) is 4.18. The standard InChI is InChI=1S/C14H17ClN2O4/c1-14(2)11(7-12(14)21-3)16-13(18)9-5-4-8(17(19)20)6-10(9)15/h4-6,11-12H,7H2,1-3H3,(H,16,18). The summed E-state index contributed by atoms with van der Waals surface area (Å²) in [5, 5.41) is 13.6. The van der Waals surface area contributed by atoms with E-state index in [9.17, 15) is 14.9 Å². The second kappa shape index (κ2) is 5.61. The predicted molar refractivity (Wildman–Crippen MR) is 78.6 cm³/mol.